The molecule has 116 valence electrons. The Labute approximate surface area is 141 Å². The summed E-state index contributed by atoms with van der Waals surface area (Å²) in [6.07, 6.45) is 0.652. The van der Waals surface area contributed by atoms with Crippen LogP contribution < -0.4 is 10.9 Å². The van der Waals surface area contributed by atoms with Gasteiger partial charge in [0.2, 0.25) is 5.91 Å². The average Bonchev–Trinajstić information content (AvgIpc) is 2.48. The highest BCUT2D eigenvalue weighted by molar-refractivity contribution is 7.99. The second-order valence-electron chi connectivity index (χ2n) is 4.33. The van der Waals surface area contributed by atoms with E-state index in [-0.39, 0.29) is 17.2 Å². The molecule has 0 spiro atoms. The SMILES string of the molecule is CCc1cc(=O)[nH]c(SCC(=O)Nc2c(Cl)cccc2Cl)n1. The molecule has 2 aromatic rings. The average molecular weight is 358 g/mol. The Morgan fingerprint density at radius 3 is 2.68 bits per heavy atom. The summed E-state index contributed by atoms with van der Waals surface area (Å²) in [5.41, 5.74) is 0.824. The number of anilines is 1. The van der Waals surface area contributed by atoms with Gasteiger partial charge in [0.05, 0.1) is 21.5 Å². The van der Waals surface area contributed by atoms with Gasteiger partial charge in [0.1, 0.15) is 0 Å². The van der Waals surface area contributed by atoms with Crippen LogP contribution >= 0.6 is 35.0 Å². The number of carbonyl (C=O) groups is 1. The van der Waals surface area contributed by atoms with Crippen LogP contribution in [0.3, 0.4) is 0 Å². The van der Waals surface area contributed by atoms with Crippen LogP contribution in [-0.2, 0) is 11.2 Å². The van der Waals surface area contributed by atoms with Gasteiger partial charge in [-0.3, -0.25) is 9.59 Å². The van der Waals surface area contributed by atoms with Gasteiger partial charge in [0.25, 0.3) is 5.56 Å². The minimum Gasteiger partial charge on any atom is -0.323 e. The van der Waals surface area contributed by atoms with E-state index in [1.807, 2.05) is 6.92 Å². The number of halogens is 2. The number of hydrogen-bond acceptors (Lipinski definition) is 4. The maximum absolute atomic E-state index is 12.0. The van der Waals surface area contributed by atoms with Crippen molar-refractivity contribution in [1.82, 2.24) is 9.97 Å². The van der Waals surface area contributed by atoms with Gasteiger partial charge in [-0.1, -0.05) is 48.0 Å². The van der Waals surface area contributed by atoms with E-state index in [0.29, 0.717) is 33.0 Å². The number of aryl methyl sites for hydroxylation is 1. The largest absolute Gasteiger partial charge is 0.323 e. The Hall–Kier alpha value is -1.50. The maximum Gasteiger partial charge on any atom is 0.251 e. The summed E-state index contributed by atoms with van der Waals surface area (Å²) in [5, 5.41) is 3.79. The first kappa shape index (κ1) is 16.9. The zero-order valence-electron chi connectivity index (χ0n) is 11.7. The maximum atomic E-state index is 12.0. The first-order valence-electron chi connectivity index (χ1n) is 6.46. The van der Waals surface area contributed by atoms with Crippen LogP contribution in [0.1, 0.15) is 12.6 Å². The molecule has 1 heterocycles. The molecule has 1 aromatic carbocycles. The van der Waals surface area contributed by atoms with Crippen molar-refractivity contribution in [2.24, 2.45) is 0 Å². The second kappa shape index (κ2) is 7.67. The van der Waals surface area contributed by atoms with Crippen molar-refractivity contribution in [2.45, 2.75) is 18.5 Å². The Kier molecular flexibility index (Phi) is 5.88. The number of benzene rings is 1. The molecule has 5 nitrogen and oxygen atoms in total. The van der Waals surface area contributed by atoms with Gasteiger partial charge in [0, 0.05) is 11.8 Å². The monoisotopic (exact) mass is 357 g/mol. The number of carbonyl (C=O) groups excluding carboxylic acids is 1. The highest BCUT2D eigenvalue weighted by atomic mass is 35.5. The molecule has 22 heavy (non-hydrogen) atoms. The molecule has 0 saturated carbocycles. The highest BCUT2D eigenvalue weighted by Gasteiger charge is 2.11. The fourth-order valence-electron chi connectivity index (χ4n) is 1.66. The molecular formula is C14H13Cl2N3O2S. The van der Waals surface area contributed by atoms with E-state index in [2.05, 4.69) is 15.3 Å². The number of thioether (sulfide) groups is 1. The number of nitrogens with one attached hydrogen (secondary N) is 2. The summed E-state index contributed by atoms with van der Waals surface area (Å²) in [4.78, 5) is 30.2. The fraction of sp³-hybridized carbons (Fsp3) is 0.214. The topological polar surface area (TPSA) is 74.8 Å². The molecule has 0 bridgehead atoms. The smallest absolute Gasteiger partial charge is 0.251 e. The lowest BCUT2D eigenvalue weighted by Crippen LogP contribution is -2.16. The molecule has 0 unspecified atom stereocenters. The van der Waals surface area contributed by atoms with E-state index in [0.717, 1.165) is 11.8 Å². The van der Waals surface area contributed by atoms with E-state index < -0.39 is 0 Å². The van der Waals surface area contributed by atoms with Crippen molar-refractivity contribution >= 4 is 46.6 Å². The lowest BCUT2D eigenvalue weighted by Gasteiger charge is -2.08. The number of H-pyrrole nitrogens is 1. The summed E-state index contributed by atoms with van der Waals surface area (Å²) in [6, 6.07) is 6.41. The third kappa shape index (κ3) is 4.50. The molecule has 0 aliphatic heterocycles. The van der Waals surface area contributed by atoms with Crippen LogP contribution in [0, 0.1) is 0 Å². The van der Waals surface area contributed by atoms with Crippen LogP contribution in [0.5, 0.6) is 0 Å². The van der Waals surface area contributed by atoms with Crippen LogP contribution in [0.15, 0.2) is 34.2 Å². The lowest BCUT2D eigenvalue weighted by atomic mass is 10.3. The van der Waals surface area contributed by atoms with Gasteiger partial charge in [-0.2, -0.15) is 0 Å². The summed E-state index contributed by atoms with van der Waals surface area (Å²) in [5.74, 6) is -0.206. The van der Waals surface area contributed by atoms with Crippen molar-refractivity contribution in [3.63, 3.8) is 0 Å². The molecule has 0 aliphatic carbocycles. The van der Waals surface area contributed by atoms with E-state index in [1.165, 1.54) is 6.07 Å². The number of aromatic amines is 1. The summed E-state index contributed by atoms with van der Waals surface area (Å²) in [6.45, 7) is 1.91. The van der Waals surface area contributed by atoms with Crippen molar-refractivity contribution in [3.05, 3.63) is 50.4 Å². The predicted octanol–water partition coefficient (Wildman–Crippen LogP) is 3.37. The van der Waals surface area contributed by atoms with E-state index in [1.54, 1.807) is 18.2 Å². The van der Waals surface area contributed by atoms with Gasteiger partial charge in [-0.25, -0.2) is 4.98 Å². The van der Waals surface area contributed by atoms with Crippen molar-refractivity contribution < 1.29 is 4.79 Å². The molecule has 1 amide bonds. The third-order valence-corrected chi connectivity index (χ3v) is 4.21. The molecule has 8 heteroatoms. The van der Waals surface area contributed by atoms with Crippen molar-refractivity contribution in [1.29, 1.82) is 0 Å². The highest BCUT2D eigenvalue weighted by Crippen LogP contribution is 2.29. The molecular weight excluding hydrogens is 345 g/mol. The zero-order valence-corrected chi connectivity index (χ0v) is 14.0. The summed E-state index contributed by atoms with van der Waals surface area (Å²) >= 11 is 13.1. The minimum absolute atomic E-state index is 0.0810. The minimum atomic E-state index is -0.287. The van der Waals surface area contributed by atoms with Gasteiger partial charge >= 0.3 is 0 Å². The Bertz CT molecular complexity index is 729. The number of hydrogen-bond donors (Lipinski definition) is 2. The lowest BCUT2D eigenvalue weighted by molar-refractivity contribution is -0.113. The quantitative estimate of drug-likeness (QED) is 0.635. The van der Waals surface area contributed by atoms with Crippen LogP contribution in [-0.4, -0.2) is 21.6 Å². The number of rotatable bonds is 5. The van der Waals surface area contributed by atoms with E-state index >= 15 is 0 Å². The third-order valence-electron chi connectivity index (χ3n) is 2.70. The first-order valence-corrected chi connectivity index (χ1v) is 8.20. The molecule has 1 aromatic heterocycles. The number of para-hydroxylation sites is 1. The van der Waals surface area contributed by atoms with E-state index in [9.17, 15) is 9.59 Å². The molecule has 0 fully saturated rings. The van der Waals surface area contributed by atoms with E-state index in [4.69, 9.17) is 23.2 Å². The number of nitrogens with zero attached hydrogens (tertiary/aromatic N) is 1. The Balaban J connectivity index is 2.01. The predicted molar refractivity (Wildman–Crippen MR) is 90.1 cm³/mol. The van der Waals surface area contributed by atoms with Crippen LogP contribution in [0.25, 0.3) is 0 Å². The van der Waals surface area contributed by atoms with Gasteiger partial charge in [0.15, 0.2) is 5.16 Å². The molecule has 0 saturated heterocycles. The molecule has 2 rings (SSSR count). The standard InChI is InChI=1S/C14H13Cl2N3O2S/c1-2-8-6-11(20)19-14(17-8)22-7-12(21)18-13-9(15)4-3-5-10(13)16/h3-6H,2,7H2,1H3,(H,18,21)(H,17,19,20). The normalized spacial score (nSPS) is 10.5. The van der Waals surface area contributed by atoms with Crippen molar-refractivity contribution in [2.75, 3.05) is 11.1 Å². The Morgan fingerprint density at radius 2 is 2.05 bits per heavy atom. The number of amides is 1. The van der Waals surface area contributed by atoms with Crippen molar-refractivity contribution in [3.8, 4) is 0 Å². The molecule has 2 N–H and O–H groups in total. The second-order valence-corrected chi connectivity index (χ2v) is 6.11. The van der Waals surface area contributed by atoms with Crippen LogP contribution in [0.2, 0.25) is 10.0 Å². The summed E-state index contributed by atoms with van der Waals surface area (Å²) in [7, 11) is 0. The molecule has 0 radical (unpaired) electrons. The van der Waals surface area contributed by atoms with Gasteiger partial charge < -0.3 is 10.3 Å². The van der Waals surface area contributed by atoms with Gasteiger partial charge in [-0.05, 0) is 18.6 Å². The summed E-state index contributed by atoms with van der Waals surface area (Å²) < 4.78 is 0. The molecule has 0 aliphatic rings. The van der Waals surface area contributed by atoms with Gasteiger partial charge in [-0.15, -0.1) is 0 Å². The first-order chi connectivity index (χ1) is 10.5. The van der Waals surface area contributed by atoms with Crippen LogP contribution in [0.4, 0.5) is 5.69 Å². The fourth-order valence-corrected chi connectivity index (χ4v) is 2.85. The zero-order chi connectivity index (χ0) is 16.1. The molecule has 0 atom stereocenters. The number of aromatic nitrogens is 2. The Morgan fingerprint density at radius 1 is 1.36 bits per heavy atom.